The third kappa shape index (κ3) is 4.47. The average Bonchev–Trinajstić information content (AvgIpc) is 3.05. The summed E-state index contributed by atoms with van der Waals surface area (Å²) in [5.41, 5.74) is 1.22. The van der Waals surface area contributed by atoms with Gasteiger partial charge in [0.05, 0.1) is 22.4 Å². The summed E-state index contributed by atoms with van der Waals surface area (Å²) in [5, 5.41) is 29.5. The normalized spacial score (nSPS) is 11.3. The molecule has 3 rings (SSSR count). The molecule has 0 aliphatic heterocycles. The number of oxazole rings is 1. The molecule has 0 fully saturated rings. The highest BCUT2D eigenvalue weighted by Gasteiger charge is 2.09. The number of rotatable bonds is 6. The third-order valence-corrected chi connectivity index (χ3v) is 3.60. The van der Waals surface area contributed by atoms with Gasteiger partial charge in [0.1, 0.15) is 0 Å². The van der Waals surface area contributed by atoms with Gasteiger partial charge in [-0.2, -0.15) is 0 Å². The molecule has 0 atom stereocenters. The molecule has 0 spiro atoms. The number of non-ortho nitro benzene ring substituents is 1. The fourth-order valence-corrected chi connectivity index (χ4v) is 2.23. The Morgan fingerprint density at radius 2 is 1.93 bits per heavy atom. The van der Waals surface area contributed by atoms with Crippen LogP contribution >= 0.6 is 0 Å². The van der Waals surface area contributed by atoms with Gasteiger partial charge in [-0.15, -0.1) is 0 Å². The number of hydrogen-bond donors (Lipinski definition) is 2. The number of nitro benzene ring substituents is 1. The molecule has 9 nitrogen and oxygen atoms in total. The Balaban J connectivity index is 1.74. The van der Waals surface area contributed by atoms with E-state index in [4.69, 9.17) is 9.52 Å². The van der Waals surface area contributed by atoms with Crippen LogP contribution < -0.4 is 0 Å². The molecule has 1 heterocycles. The number of carboxylic acid groups (broad SMARTS) is 1. The van der Waals surface area contributed by atoms with Crippen LogP contribution in [-0.4, -0.2) is 32.3 Å². The number of carboxylic acids is 1. The number of aromatic carboxylic acids is 1. The lowest BCUT2D eigenvalue weighted by Gasteiger charge is -1.95. The summed E-state index contributed by atoms with van der Waals surface area (Å²) in [6.07, 6.45) is 4.29. The fraction of sp³-hybridized carbons (Fsp3) is 0. The van der Waals surface area contributed by atoms with Gasteiger partial charge in [0.25, 0.3) is 5.69 Å². The van der Waals surface area contributed by atoms with Crippen LogP contribution in [0.15, 0.2) is 57.9 Å². The van der Waals surface area contributed by atoms with E-state index < -0.39 is 16.8 Å². The van der Waals surface area contributed by atoms with Crippen LogP contribution in [0.3, 0.4) is 0 Å². The lowest BCUT2D eigenvalue weighted by atomic mass is 10.2. The lowest BCUT2D eigenvalue weighted by molar-refractivity contribution is -0.384. The monoisotopic (exact) mass is 379 g/mol. The van der Waals surface area contributed by atoms with Gasteiger partial charge in [0.15, 0.2) is 5.69 Å². The van der Waals surface area contributed by atoms with Crippen LogP contribution in [-0.2, 0) is 0 Å². The van der Waals surface area contributed by atoms with Crippen molar-refractivity contribution < 1.29 is 24.3 Å². The van der Waals surface area contributed by atoms with Crippen LogP contribution in [0.2, 0.25) is 0 Å². The first-order chi connectivity index (χ1) is 13.4. The van der Waals surface area contributed by atoms with Crippen LogP contribution in [0, 0.1) is 10.1 Å². The van der Waals surface area contributed by atoms with Gasteiger partial charge in [0.2, 0.25) is 5.89 Å². The van der Waals surface area contributed by atoms with Gasteiger partial charge in [-0.3, -0.25) is 15.1 Å². The quantitative estimate of drug-likeness (QED) is 0.376. The molecule has 0 saturated carbocycles. The van der Waals surface area contributed by atoms with Crippen molar-refractivity contribution in [3.63, 3.8) is 0 Å². The van der Waals surface area contributed by atoms with E-state index in [0.717, 1.165) is 0 Å². The summed E-state index contributed by atoms with van der Waals surface area (Å²) in [7, 11) is 0. The molecule has 0 aliphatic rings. The summed E-state index contributed by atoms with van der Waals surface area (Å²) in [6, 6.07) is 11.8. The maximum Gasteiger partial charge on any atom is 0.335 e. The molecule has 0 amide bonds. The van der Waals surface area contributed by atoms with Crippen molar-refractivity contribution in [1.29, 1.82) is 0 Å². The van der Waals surface area contributed by atoms with Crippen LogP contribution in [0.5, 0.6) is 5.95 Å². The Morgan fingerprint density at radius 3 is 2.61 bits per heavy atom. The highest BCUT2D eigenvalue weighted by molar-refractivity contribution is 5.88. The van der Waals surface area contributed by atoms with Crippen molar-refractivity contribution >= 4 is 35.7 Å². The molecule has 1 aromatic heterocycles. The van der Waals surface area contributed by atoms with Gasteiger partial charge in [0, 0.05) is 18.2 Å². The molecule has 28 heavy (non-hydrogen) atoms. The second-order valence-corrected chi connectivity index (χ2v) is 5.54. The fourth-order valence-electron chi connectivity index (χ4n) is 2.23. The van der Waals surface area contributed by atoms with Gasteiger partial charge in [-0.25, -0.2) is 9.78 Å². The molecular formula is C19H13N3O6. The number of nitro groups is 1. The summed E-state index contributed by atoms with van der Waals surface area (Å²) >= 11 is 0. The zero-order valence-corrected chi connectivity index (χ0v) is 14.2. The zero-order chi connectivity index (χ0) is 20.1. The largest absolute Gasteiger partial charge is 0.479 e. The molecule has 2 N–H and O–H groups in total. The van der Waals surface area contributed by atoms with E-state index in [1.165, 1.54) is 48.7 Å². The minimum atomic E-state index is -1.04. The molecule has 9 heteroatoms. The molecule has 0 radical (unpaired) electrons. The van der Waals surface area contributed by atoms with Gasteiger partial charge < -0.3 is 14.6 Å². The van der Waals surface area contributed by atoms with E-state index in [1.807, 2.05) is 0 Å². The van der Waals surface area contributed by atoms with Gasteiger partial charge >= 0.3 is 11.9 Å². The SMILES string of the molecule is O=C(O)c1ccc(N=Cc2nc(C=Cc3cccc([N+](=O)[O-])c3)oc2O)cc1. The number of benzene rings is 2. The average molecular weight is 379 g/mol. The number of aliphatic imine (C=N–C) groups is 1. The van der Waals surface area contributed by atoms with Crippen molar-refractivity contribution in [2.75, 3.05) is 0 Å². The smallest absolute Gasteiger partial charge is 0.335 e. The van der Waals surface area contributed by atoms with Crippen LogP contribution in [0.1, 0.15) is 27.5 Å². The number of carbonyl (C=O) groups is 1. The predicted molar refractivity (Wildman–Crippen MR) is 101 cm³/mol. The maximum absolute atomic E-state index is 10.8. The number of hydrogen-bond acceptors (Lipinski definition) is 7. The minimum absolute atomic E-state index is 0.0425. The second-order valence-electron chi connectivity index (χ2n) is 5.54. The number of nitrogens with zero attached hydrogens (tertiary/aromatic N) is 3. The maximum atomic E-state index is 10.8. The van der Waals surface area contributed by atoms with Crippen molar-refractivity contribution in [2.24, 2.45) is 4.99 Å². The highest BCUT2D eigenvalue weighted by Crippen LogP contribution is 2.21. The standard InChI is InChI=1S/C19H13N3O6/c23-18(24)13-5-7-14(8-6-13)20-11-16-19(25)28-17(21-16)9-4-12-2-1-3-15(10-12)22(26)27/h1-11,25H,(H,23,24). The van der Waals surface area contributed by atoms with Crippen molar-refractivity contribution in [1.82, 2.24) is 4.98 Å². The summed E-state index contributed by atoms with van der Waals surface area (Å²) in [5.74, 6) is -1.39. The Morgan fingerprint density at radius 1 is 1.18 bits per heavy atom. The molecule has 0 bridgehead atoms. The molecule has 0 saturated heterocycles. The number of aromatic nitrogens is 1. The van der Waals surface area contributed by atoms with Crippen LogP contribution in [0.25, 0.3) is 12.2 Å². The van der Waals surface area contributed by atoms with Gasteiger partial charge in [-0.1, -0.05) is 12.1 Å². The summed E-state index contributed by atoms with van der Waals surface area (Å²) in [6.45, 7) is 0. The second kappa shape index (κ2) is 7.96. The molecule has 0 unspecified atom stereocenters. The summed E-state index contributed by atoms with van der Waals surface area (Å²) < 4.78 is 5.11. The minimum Gasteiger partial charge on any atom is -0.479 e. The summed E-state index contributed by atoms with van der Waals surface area (Å²) in [4.78, 5) is 29.3. The Labute approximate surface area is 158 Å². The third-order valence-electron chi connectivity index (χ3n) is 3.60. The Bertz CT molecular complexity index is 1080. The first kappa shape index (κ1) is 18.5. The van der Waals surface area contributed by atoms with E-state index in [1.54, 1.807) is 18.2 Å². The lowest BCUT2D eigenvalue weighted by Crippen LogP contribution is -1.94. The first-order valence-electron chi connectivity index (χ1n) is 7.92. The van der Waals surface area contributed by atoms with Crippen molar-refractivity contribution in [3.05, 3.63) is 81.4 Å². The van der Waals surface area contributed by atoms with E-state index >= 15 is 0 Å². The molecule has 3 aromatic rings. The van der Waals surface area contributed by atoms with E-state index in [0.29, 0.717) is 11.3 Å². The van der Waals surface area contributed by atoms with E-state index in [9.17, 15) is 20.0 Å². The predicted octanol–water partition coefficient (Wildman–Crippen LogP) is 3.91. The zero-order valence-electron chi connectivity index (χ0n) is 14.2. The van der Waals surface area contributed by atoms with E-state index in [-0.39, 0.29) is 22.8 Å². The molecule has 0 aliphatic carbocycles. The Hall–Kier alpha value is -4.27. The van der Waals surface area contributed by atoms with E-state index in [2.05, 4.69) is 9.98 Å². The molecule has 2 aromatic carbocycles. The Kier molecular flexibility index (Phi) is 5.26. The highest BCUT2D eigenvalue weighted by atomic mass is 16.6. The van der Waals surface area contributed by atoms with Crippen LogP contribution in [0.4, 0.5) is 11.4 Å². The molecular weight excluding hydrogens is 366 g/mol. The topological polar surface area (TPSA) is 139 Å². The number of aromatic hydroxyl groups is 1. The molecule has 140 valence electrons. The van der Waals surface area contributed by atoms with Crippen molar-refractivity contribution in [2.45, 2.75) is 0 Å². The van der Waals surface area contributed by atoms with Crippen molar-refractivity contribution in [3.8, 4) is 5.95 Å². The van der Waals surface area contributed by atoms with Gasteiger partial charge in [-0.05, 0) is 35.9 Å². The first-order valence-corrected chi connectivity index (χ1v) is 7.92.